The number of benzene rings is 3. The molecule has 1 heterocycles. The van der Waals surface area contributed by atoms with Gasteiger partial charge in [0.1, 0.15) is 17.1 Å². The van der Waals surface area contributed by atoms with E-state index >= 15 is 0 Å². The smallest absolute Gasteiger partial charge is 0.343 e. The minimum absolute atomic E-state index is 0.350. The minimum atomic E-state index is -0.446. The summed E-state index contributed by atoms with van der Waals surface area (Å²) < 4.78 is 12.2. The number of hydrogen-bond acceptors (Lipinski definition) is 3. The van der Waals surface area contributed by atoms with Crippen LogP contribution >= 0.6 is 0 Å². The van der Waals surface area contributed by atoms with Crippen LogP contribution in [0.3, 0.4) is 0 Å². The Balaban J connectivity index is 1.82. The van der Waals surface area contributed by atoms with Gasteiger partial charge in [0, 0.05) is 11.1 Å². The fraction of sp³-hybridized carbons (Fsp3) is 0.321. The summed E-state index contributed by atoms with van der Waals surface area (Å²) in [6.07, 6.45) is 1.03. The van der Waals surface area contributed by atoms with Crippen molar-refractivity contribution in [3.63, 3.8) is 0 Å². The fourth-order valence-corrected chi connectivity index (χ4v) is 4.32. The second-order valence-electron chi connectivity index (χ2n) is 9.34. The Hall–Kier alpha value is -3.07. The molecule has 3 nitrogen and oxygen atoms in total. The maximum Gasteiger partial charge on any atom is 0.343 e. The van der Waals surface area contributed by atoms with Crippen molar-refractivity contribution >= 4 is 5.97 Å². The van der Waals surface area contributed by atoms with Crippen molar-refractivity contribution < 1.29 is 14.3 Å². The summed E-state index contributed by atoms with van der Waals surface area (Å²) >= 11 is 0. The molecule has 0 aromatic heterocycles. The third kappa shape index (κ3) is 3.97. The molecule has 0 aliphatic carbocycles. The van der Waals surface area contributed by atoms with Crippen LogP contribution < -0.4 is 9.47 Å². The molecule has 4 rings (SSSR count). The maximum atomic E-state index is 13.0. The quantitative estimate of drug-likeness (QED) is 0.340. The van der Waals surface area contributed by atoms with E-state index in [-0.39, 0.29) is 5.97 Å². The van der Waals surface area contributed by atoms with E-state index in [1.807, 2.05) is 38.1 Å². The van der Waals surface area contributed by atoms with Crippen LogP contribution in [0.15, 0.2) is 54.6 Å². The van der Waals surface area contributed by atoms with Crippen molar-refractivity contribution in [2.45, 2.75) is 53.6 Å². The van der Waals surface area contributed by atoms with Crippen molar-refractivity contribution in [3.05, 3.63) is 82.4 Å². The van der Waals surface area contributed by atoms with E-state index in [2.05, 4.69) is 45.9 Å². The van der Waals surface area contributed by atoms with Gasteiger partial charge in [0.2, 0.25) is 0 Å². The maximum absolute atomic E-state index is 13.0. The number of rotatable bonds is 4. The molecule has 3 heteroatoms. The van der Waals surface area contributed by atoms with Crippen molar-refractivity contribution in [3.8, 4) is 22.6 Å². The van der Waals surface area contributed by atoms with Gasteiger partial charge in [0.15, 0.2) is 0 Å². The van der Waals surface area contributed by atoms with Crippen molar-refractivity contribution in [2.75, 3.05) is 0 Å². The predicted molar refractivity (Wildman–Crippen MR) is 125 cm³/mol. The molecule has 0 spiro atoms. The Morgan fingerprint density at radius 2 is 1.68 bits per heavy atom. The zero-order chi connectivity index (χ0) is 22.3. The molecule has 1 aliphatic rings. The average Bonchev–Trinajstić information content (AvgIpc) is 2.71. The lowest BCUT2D eigenvalue weighted by Gasteiger charge is -2.37. The van der Waals surface area contributed by atoms with Gasteiger partial charge in [0.25, 0.3) is 0 Å². The van der Waals surface area contributed by atoms with Crippen molar-refractivity contribution in [2.24, 2.45) is 5.92 Å². The van der Waals surface area contributed by atoms with Crippen LogP contribution in [0.25, 0.3) is 11.1 Å². The van der Waals surface area contributed by atoms with Gasteiger partial charge in [-0.1, -0.05) is 50.2 Å². The Kier molecular flexibility index (Phi) is 5.38. The Morgan fingerprint density at radius 1 is 0.968 bits per heavy atom. The molecule has 0 bridgehead atoms. The molecular formula is C28H30O3. The fourth-order valence-electron chi connectivity index (χ4n) is 4.32. The molecule has 1 aliphatic heterocycles. The molecule has 160 valence electrons. The normalized spacial score (nSPS) is 13.9. The molecule has 0 saturated carbocycles. The zero-order valence-electron chi connectivity index (χ0n) is 19.2. The van der Waals surface area contributed by atoms with Crippen LogP contribution in [-0.2, 0) is 12.0 Å². The summed E-state index contributed by atoms with van der Waals surface area (Å²) in [5.41, 5.74) is 6.52. The molecule has 0 N–H and O–H groups in total. The highest BCUT2D eigenvalue weighted by Gasteiger charge is 2.35. The molecule has 3 aromatic carbocycles. The largest absolute Gasteiger partial charge is 0.482 e. The standard InChI is InChI=1S/C28H30O3/c1-17(2)14-20-12-13-22-24-16-23(27(29)30-21-10-8-7-9-11-21)18(3)19(4)26(24)31-28(5,6)25(22)15-20/h7-13,15-17H,14H2,1-6H3. The lowest BCUT2D eigenvalue weighted by Crippen LogP contribution is -2.30. The van der Waals surface area contributed by atoms with E-state index in [0.717, 1.165) is 40.0 Å². The van der Waals surface area contributed by atoms with Crippen LogP contribution in [0.4, 0.5) is 0 Å². The van der Waals surface area contributed by atoms with Gasteiger partial charge in [-0.2, -0.15) is 0 Å². The number of esters is 1. The van der Waals surface area contributed by atoms with Crippen molar-refractivity contribution in [1.82, 2.24) is 0 Å². The van der Waals surface area contributed by atoms with Gasteiger partial charge >= 0.3 is 5.97 Å². The van der Waals surface area contributed by atoms with E-state index in [9.17, 15) is 4.79 Å². The van der Waals surface area contributed by atoms with Crippen LogP contribution in [0.5, 0.6) is 11.5 Å². The Bertz CT molecular complexity index is 1140. The van der Waals surface area contributed by atoms with E-state index in [0.29, 0.717) is 17.2 Å². The SMILES string of the molecule is Cc1c(C(=O)Oc2ccccc2)cc2c(c1C)OC(C)(C)c1cc(CC(C)C)ccc1-2. The van der Waals surface area contributed by atoms with Gasteiger partial charge in [0.05, 0.1) is 5.56 Å². The molecular weight excluding hydrogens is 384 g/mol. The Labute approximate surface area is 185 Å². The first-order chi connectivity index (χ1) is 14.7. The first kappa shape index (κ1) is 21.2. The van der Waals surface area contributed by atoms with E-state index < -0.39 is 5.60 Å². The second kappa shape index (κ2) is 7.88. The van der Waals surface area contributed by atoms with Crippen LogP contribution in [0, 0.1) is 19.8 Å². The van der Waals surface area contributed by atoms with Crippen molar-refractivity contribution in [1.29, 1.82) is 0 Å². The Morgan fingerprint density at radius 3 is 2.35 bits per heavy atom. The highest BCUT2D eigenvalue weighted by Crippen LogP contribution is 2.48. The van der Waals surface area contributed by atoms with Gasteiger partial charge in [-0.3, -0.25) is 0 Å². The molecule has 31 heavy (non-hydrogen) atoms. The highest BCUT2D eigenvalue weighted by molar-refractivity contribution is 5.96. The number of carbonyl (C=O) groups is 1. The molecule has 0 radical (unpaired) electrons. The summed E-state index contributed by atoms with van der Waals surface area (Å²) in [4.78, 5) is 13.0. The summed E-state index contributed by atoms with van der Waals surface area (Å²) in [6.45, 7) is 12.7. The molecule has 3 aromatic rings. The van der Waals surface area contributed by atoms with Gasteiger partial charge < -0.3 is 9.47 Å². The highest BCUT2D eigenvalue weighted by atomic mass is 16.5. The number of ether oxygens (including phenoxy) is 2. The number of fused-ring (bicyclic) bond motifs is 3. The summed E-state index contributed by atoms with van der Waals surface area (Å²) in [6, 6.07) is 17.7. The van der Waals surface area contributed by atoms with E-state index in [1.165, 1.54) is 5.56 Å². The second-order valence-corrected chi connectivity index (χ2v) is 9.34. The van der Waals surface area contributed by atoms with E-state index in [4.69, 9.17) is 9.47 Å². The molecule has 0 saturated heterocycles. The predicted octanol–water partition coefficient (Wildman–Crippen LogP) is 7.02. The summed E-state index contributed by atoms with van der Waals surface area (Å²) in [5.74, 6) is 1.63. The first-order valence-corrected chi connectivity index (χ1v) is 10.9. The average molecular weight is 415 g/mol. The number of para-hydroxylation sites is 1. The van der Waals surface area contributed by atoms with Crippen LogP contribution in [0.1, 0.15) is 60.3 Å². The van der Waals surface area contributed by atoms with Gasteiger partial charge in [-0.25, -0.2) is 4.79 Å². The summed E-state index contributed by atoms with van der Waals surface area (Å²) in [5, 5.41) is 0. The lowest BCUT2D eigenvalue weighted by molar-refractivity contribution is 0.0733. The van der Waals surface area contributed by atoms with E-state index in [1.54, 1.807) is 12.1 Å². The van der Waals surface area contributed by atoms with Crippen LogP contribution in [-0.4, -0.2) is 5.97 Å². The number of hydrogen-bond donors (Lipinski definition) is 0. The minimum Gasteiger partial charge on any atom is -0.482 e. The number of carbonyl (C=O) groups excluding carboxylic acids is 1. The summed E-state index contributed by atoms with van der Waals surface area (Å²) in [7, 11) is 0. The lowest BCUT2D eigenvalue weighted by atomic mass is 9.82. The zero-order valence-corrected chi connectivity index (χ0v) is 19.2. The monoisotopic (exact) mass is 414 g/mol. The molecule has 0 amide bonds. The third-order valence-electron chi connectivity index (χ3n) is 6.04. The first-order valence-electron chi connectivity index (χ1n) is 10.9. The van der Waals surface area contributed by atoms with Gasteiger partial charge in [-0.05, 0) is 80.5 Å². The molecule has 0 fully saturated rings. The van der Waals surface area contributed by atoms with Crippen LogP contribution in [0.2, 0.25) is 0 Å². The molecule has 0 atom stereocenters. The molecule has 0 unspecified atom stereocenters. The van der Waals surface area contributed by atoms with Gasteiger partial charge in [-0.15, -0.1) is 0 Å². The topological polar surface area (TPSA) is 35.5 Å². The third-order valence-corrected chi connectivity index (χ3v) is 6.04.